The maximum atomic E-state index is 11.9. The van der Waals surface area contributed by atoms with E-state index in [1.807, 2.05) is 32.0 Å². The molecule has 2 aromatic heterocycles. The highest BCUT2D eigenvalue weighted by Crippen LogP contribution is 2.30. The predicted molar refractivity (Wildman–Crippen MR) is 106 cm³/mol. The van der Waals surface area contributed by atoms with Gasteiger partial charge >= 0.3 is 0 Å². The summed E-state index contributed by atoms with van der Waals surface area (Å²) >= 11 is 0. The van der Waals surface area contributed by atoms with Crippen LogP contribution in [0.15, 0.2) is 36.7 Å². The molecule has 0 radical (unpaired) electrons. The highest BCUT2D eigenvalue weighted by atomic mass is 16.1. The summed E-state index contributed by atoms with van der Waals surface area (Å²) < 4.78 is 0. The number of hydrogen-bond donors (Lipinski definition) is 2. The number of carbonyl (C=O) groups is 1. The van der Waals surface area contributed by atoms with Gasteiger partial charge in [-0.3, -0.25) is 14.9 Å². The van der Waals surface area contributed by atoms with E-state index in [0.717, 1.165) is 33.3 Å². The second-order valence-corrected chi connectivity index (χ2v) is 7.51. The number of aromatic amines is 1. The van der Waals surface area contributed by atoms with Crippen LogP contribution in [0.25, 0.3) is 22.0 Å². The van der Waals surface area contributed by atoms with Gasteiger partial charge in [-0.05, 0) is 54.0 Å². The third kappa shape index (κ3) is 3.56. The van der Waals surface area contributed by atoms with Crippen LogP contribution in [0.3, 0.4) is 0 Å². The first kappa shape index (κ1) is 17.3. The van der Waals surface area contributed by atoms with Crippen molar-refractivity contribution in [2.24, 2.45) is 17.6 Å². The van der Waals surface area contributed by atoms with Crippen molar-refractivity contribution in [1.82, 2.24) is 15.2 Å². The molecule has 0 spiro atoms. The van der Waals surface area contributed by atoms with Crippen molar-refractivity contribution in [3.05, 3.63) is 47.9 Å². The first-order chi connectivity index (χ1) is 13.0. The van der Waals surface area contributed by atoms with Crippen LogP contribution in [-0.2, 0) is 4.79 Å². The maximum absolute atomic E-state index is 11.9. The number of pyridine rings is 1. The summed E-state index contributed by atoms with van der Waals surface area (Å²) in [4.78, 5) is 16.2. The normalized spacial score (nSPS) is 14.8. The number of nitrogens with zero attached hydrogens (tertiary/aromatic N) is 2. The van der Waals surface area contributed by atoms with Crippen molar-refractivity contribution in [2.45, 2.75) is 32.6 Å². The Balaban J connectivity index is 1.74. The highest BCUT2D eigenvalue weighted by molar-refractivity contribution is 5.89. The third-order valence-corrected chi connectivity index (χ3v) is 4.96. The molecule has 3 aromatic rings. The molecule has 1 aromatic carbocycles. The van der Waals surface area contributed by atoms with Crippen LogP contribution in [-0.4, -0.2) is 21.1 Å². The number of aromatic nitrogens is 3. The average molecular weight is 358 g/mol. The van der Waals surface area contributed by atoms with Crippen molar-refractivity contribution in [2.75, 3.05) is 0 Å². The molecule has 4 rings (SSSR count). The van der Waals surface area contributed by atoms with Crippen LogP contribution in [0.1, 0.15) is 43.9 Å². The molecule has 0 bridgehead atoms. The first-order valence-electron chi connectivity index (χ1n) is 9.27. The van der Waals surface area contributed by atoms with Gasteiger partial charge in [0.25, 0.3) is 0 Å². The Labute approximate surface area is 158 Å². The molecule has 1 fully saturated rings. The topological polar surface area (TPSA) is 84.7 Å². The van der Waals surface area contributed by atoms with Crippen molar-refractivity contribution in [1.29, 1.82) is 0 Å². The summed E-state index contributed by atoms with van der Waals surface area (Å²) in [6, 6.07) is 8.10. The third-order valence-electron chi connectivity index (χ3n) is 4.96. The van der Waals surface area contributed by atoms with Crippen LogP contribution in [0.5, 0.6) is 0 Å². The van der Waals surface area contributed by atoms with Gasteiger partial charge in [0.1, 0.15) is 5.69 Å². The minimum atomic E-state index is -0.352. The monoisotopic (exact) mass is 358 g/mol. The van der Waals surface area contributed by atoms with Crippen molar-refractivity contribution in [3.63, 3.8) is 0 Å². The number of amides is 1. The van der Waals surface area contributed by atoms with Crippen LogP contribution >= 0.6 is 0 Å². The van der Waals surface area contributed by atoms with Gasteiger partial charge in [0.2, 0.25) is 5.91 Å². The molecular weight excluding hydrogens is 336 g/mol. The first-order valence-corrected chi connectivity index (χ1v) is 9.27. The number of primary amides is 1. The molecule has 136 valence electrons. The highest BCUT2D eigenvalue weighted by Gasteiger charge is 2.22. The predicted octanol–water partition coefficient (Wildman–Crippen LogP) is 3.61. The van der Waals surface area contributed by atoms with E-state index in [1.54, 1.807) is 12.4 Å². The van der Waals surface area contributed by atoms with Crippen LogP contribution in [0.4, 0.5) is 0 Å². The minimum absolute atomic E-state index is 0.111. The lowest BCUT2D eigenvalue weighted by Gasteiger charge is -2.18. The summed E-state index contributed by atoms with van der Waals surface area (Å²) in [7, 11) is 0. The minimum Gasteiger partial charge on any atom is -0.369 e. The summed E-state index contributed by atoms with van der Waals surface area (Å²) in [5, 5.41) is 8.39. The fraction of sp³-hybridized carbons (Fsp3) is 0.318. The van der Waals surface area contributed by atoms with Gasteiger partial charge in [-0.1, -0.05) is 25.8 Å². The molecule has 1 unspecified atom stereocenters. The molecule has 0 aliphatic heterocycles. The van der Waals surface area contributed by atoms with E-state index in [1.165, 1.54) is 12.8 Å². The Hall–Kier alpha value is -3.13. The Kier molecular flexibility index (Phi) is 4.41. The Morgan fingerprint density at radius 2 is 2.04 bits per heavy atom. The maximum Gasteiger partial charge on any atom is 0.225 e. The number of H-pyrrole nitrogens is 1. The molecule has 1 aliphatic carbocycles. The lowest BCUT2D eigenvalue weighted by molar-refractivity contribution is -0.120. The van der Waals surface area contributed by atoms with Gasteiger partial charge in [0.05, 0.1) is 11.4 Å². The SMILES string of the molecule is CC(C)C(C(N)=O)c1cncc(-c2ccc3[nH]nc(C#CC4CC4)c3c2)c1. The Morgan fingerprint density at radius 1 is 1.22 bits per heavy atom. The van der Waals surface area contributed by atoms with E-state index >= 15 is 0 Å². The van der Waals surface area contributed by atoms with Crippen molar-refractivity contribution >= 4 is 16.8 Å². The molecule has 0 saturated heterocycles. The van der Waals surface area contributed by atoms with Crippen LogP contribution < -0.4 is 5.73 Å². The van der Waals surface area contributed by atoms with Gasteiger partial charge in [0, 0.05) is 29.3 Å². The zero-order valence-corrected chi connectivity index (χ0v) is 15.5. The number of carbonyl (C=O) groups excluding carboxylic acids is 1. The molecular formula is C22H22N4O. The molecule has 27 heavy (non-hydrogen) atoms. The molecule has 1 amide bonds. The molecule has 1 atom stereocenters. The van der Waals surface area contributed by atoms with E-state index in [-0.39, 0.29) is 17.7 Å². The number of nitrogens with two attached hydrogens (primary N) is 1. The zero-order chi connectivity index (χ0) is 19.0. The summed E-state index contributed by atoms with van der Waals surface area (Å²) in [6.07, 6.45) is 5.91. The molecule has 3 N–H and O–H groups in total. The zero-order valence-electron chi connectivity index (χ0n) is 15.5. The largest absolute Gasteiger partial charge is 0.369 e. The second kappa shape index (κ2) is 6.88. The van der Waals surface area contributed by atoms with Gasteiger partial charge < -0.3 is 5.73 Å². The van der Waals surface area contributed by atoms with Crippen LogP contribution in [0.2, 0.25) is 0 Å². The van der Waals surface area contributed by atoms with Gasteiger partial charge in [-0.25, -0.2) is 0 Å². The summed E-state index contributed by atoms with van der Waals surface area (Å²) in [5.74, 6) is 6.42. The van der Waals surface area contributed by atoms with Gasteiger partial charge in [-0.2, -0.15) is 5.10 Å². The number of fused-ring (bicyclic) bond motifs is 1. The van der Waals surface area contributed by atoms with Crippen molar-refractivity contribution < 1.29 is 4.79 Å². The van der Waals surface area contributed by atoms with E-state index < -0.39 is 0 Å². The van der Waals surface area contributed by atoms with E-state index in [4.69, 9.17) is 5.73 Å². The number of rotatable bonds is 4. The molecule has 1 saturated carbocycles. The lowest BCUT2D eigenvalue weighted by atomic mass is 9.87. The fourth-order valence-electron chi connectivity index (χ4n) is 3.35. The molecule has 2 heterocycles. The Morgan fingerprint density at radius 3 is 2.74 bits per heavy atom. The van der Waals surface area contributed by atoms with E-state index in [9.17, 15) is 4.79 Å². The smallest absolute Gasteiger partial charge is 0.225 e. The van der Waals surface area contributed by atoms with Crippen molar-refractivity contribution in [3.8, 4) is 23.0 Å². The number of nitrogens with one attached hydrogen (secondary N) is 1. The lowest BCUT2D eigenvalue weighted by Crippen LogP contribution is -2.25. The number of hydrogen-bond acceptors (Lipinski definition) is 3. The van der Waals surface area contributed by atoms with E-state index in [0.29, 0.717) is 5.92 Å². The van der Waals surface area contributed by atoms with Gasteiger partial charge in [-0.15, -0.1) is 0 Å². The van der Waals surface area contributed by atoms with E-state index in [2.05, 4.69) is 33.1 Å². The standard InChI is InChI=1S/C22H22N4O/c1-13(2)21(22(23)27)17-9-16(11-24-12-17)15-6-8-20-18(10-15)19(25-26-20)7-5-14-3-4-14/h6,8-14,21H,3-4H2,1-2H3,(H2,23,27)(H,25,26). The summed E-state index contributed by atoms with van der Waals surface area (Å²) in [5.41, 5.74) is 10.1. The van der Waals surface area contributed by atoms with Crippen LogP contribution in [0, 0.1) is 23.7 Å². The average Bonchev–Trinajstić information content (AvgIpc) is 3.38. The molecule has 5 heteroatoms. The van der Waals surface area contributed by atoms with Gasteiger partial charge in [0.15, 0.2) is 0 Å². The quantitative estimate of drug-likeness (QED) is 0.699. The molecule has 5 nitrogen and oxygen atoms in total. The summed E-state index contributed by atoms with van der Waals surface area (Å²) in [6.45, 7) is 3.98. The molecule has 1 aliphatic rings. The fourth-order valence-corrected chi connectivity index (χ4v) is 3.35. The second-order valence-electron chi connectivity index (χ2n) is 7.51. The number of benzene rings is 1. The Bertz CT molecular complexity index is 1070.